The molecule has 0 bridgehead atoms. The molecule has 1 unspecified atom stereocenters. The van der Waals surface area contributed by atoms with E-state index in [2.05, 4.69) is 29.8 Å². The number of halogens is 1. The molecule has 0 aliphatic carbocycles. The first-order chi connectivity index (χ1) is 6.16. The van der Waals surface area contributed by atoms with Crippen LogP contribution in [0.5, 0.6) is 0 Å². The number of ether oxygens (including phenoxy) is 1. The summed E-state index contributed by atoms with van der Waals surface area (Å²) < 4.78 is 5.01. The van der Waals surface area contributed by atoms with E-state index in [0.717, 1.165) is 25.7 Å². The lowest BCUT2D eigenvalue weighted by molar-refractivity contribution is -0.143. The van der Waals surface area contributed by atoms with Crippen LogP contribution in [0.3, 0.4) is 0 Å². The molecule has 0 rings (SSSR count). The van der Waals surface area contributed by atoms with Gasteiger partial charge < -0.3 is 4.74 Å². The Hall–Kier alpha value is -0.0500. The highest BCUT2D eigenvalue weighted by Gasteiger charge is 2.03. The Labute approximate surface area is 89.2 Å². The molecule has 0 aliphatic heterocycles. The summed E-state index contributed by atoms with van der Waals surface area (Å²) in [5.74, 6) is -0.0541. The van der Waals surface area contributed by atoms with Gasteiger partial charge in [0.2, 0.25) is 0 Å². The minimum atomic E-state index is -0.0541. The summed E-state index contributed by atoms with van der Waals surface area (Å²) in [4.78, 5) is 11.6. The zero-order valence-corrected chi connectivity index (χ0v) is 10.1. The van der Waals surface area contributed by atoms with Crippen molar-refractivity contribution in [1.82, 2.24) is 0 Å². The van der Waals surface area contributed by atoms with Crippen LogP contribution in [0, 0.1) is 0 Å². The van der Waals surface area contributed by atoms with Gasteiger partial charge in [0.1, 0.15) is 0 Å². The number of rotatable bonds is 7. The molecule has 0 radical (unpaired) electrons. The van der Waals surface area contributed by atoms with Crippen LogP contribution in [0.15, 0.2) is 0 Å². The maximum absolute atomic E-state index is 11.1. The third-order valence-corrected chi connectivity index (χ3v) is 2.20. The molecule has 13 heavy (non-hydrogen) atoms. The minimum Gasteiger partial charge on any atom is -0.466 e. The maximum atomic E-state index is 11.1. The van der Waals surface area contributed by atoms with Crippen molar-refractivity contribution in [2.75, 3.05) is 6.61 Å². The van der Waals surface area contributed by atoms with Crippen molar-refractivity contribution in [2.45, 2.75) is 50.8 Å². The number of hydrogen-bond acceptors (Lipinski definition) is 2. The Bertz CT molecular complexity index is 135. The molecule has 2 nitrogen and oxygen atoms in total. The van der Waals surface area contributed by atoms with Gasteiger partial charge in [-0.2, -0.15) is 0 Å². The topological polar surface area (TPSA) is 26.3 Å². The predicted molar refractivity (Wildman–Crippen MR) is 58.1 cm³/mol. The second kappa shape index (κ2) is 8.54. The van der Waals surface area contributed by atoms with Crippen LogP contribution in [0.4, 0.5) is 0 Å². The van der Waals surface area contributed by atoms with E-state index in [0.29, 0.717) is 17.9 Å². The Morgan fingerprint density at radius 2 is 2.15 bits per heavy atom. The molecule has 0 aliphatic rings. The van der Waals surface area contributed by atoms with Gasteiger partial charge in [-0.1, -0.05) is 36.2 Å². The largest absolute Gasteiger partial charge is 0.466 e. The first kappa shape index (κ1) is 12.9. The molecule has 0 spiro atoms. The number of unbranched alkanes of at least 4 members (excludes halogenated alkanes) is 1. The SMILES string of the molecule is CCCCOC(=O)CCCC(C)Br. The van der Waals surface area contributed by atoms with Gasteiger partial charge >= 0.3 is 5.97 Å². The van der Waals surface area contributed by atoms with Crippen LogP contribution in [0.25, 0.3) is 0 Å². The second-order valence-electron chi connectivity index (χ2n) is 3.25. The smallest absolute Gasteiger partial charge is 0.305 e. The first-order valence-electron chi connectivity index (χ1n) is 4.96. The zero-order chi connectivity index (χ0) is 10.1. The lowest BCUT2D eigenvalue weighted by atomic mass is 10.2. The fourth-order valence-electron chi connectivity index (χ4n) is 0.930. The molecule has 0 fully saturated rings. The van der Waals surface area contributed by atoms with E-state index in [4.69, 9.17) is 4.74 Å². The Balaban J connectivity index is 3.20. The van der Waals surface area contributed by atoms with Gasteiger partial charge in [0.15, 0.2) is 0 Å². The van der Waals surface area contributed by atoms with E-state index >= 15 is 0 Å². The summed E-state index contributed by atoms with van der Waals surface area (Å²) in [5.41, 5.74) is 0. The molecule has 0 heterocycles. The molecule has 0 aromatic carbocycles. The number of carbonyl (C=O) groups excluding carboxylic acids is 1. The molecule has 78 valence electrons. The summed E-state index contributed by atoms with van der Waals surface area (Å²) in [7, 11) is 0. The number of alkyl halides is 1. The fourth-order valence-corrected chi connectivity index (χ4v) is 1.25. The predicted octanol–water partition coefficient (Wildman–Crippen LogP) is 3.28. The van der Waals surface area contributed by atoms with Crippen LogP contribution in [0.1, 0.15) is 46.0 Å². The highest BCUT2D eigenvalue weighted by Crippen LogP contribution is 2.08. The van der Waals surface area contributed by atoms with Crippen molar-refractivity contribution in [3.63, 3.8) is 0 Å². The monoisotopic (exact) mass is 250 g/mol. The zero-order valence-electron chi connectivity index (χ0n) is 8.51. The van der Waals surface area contributed by atoms with E-state index in [1.807, 2.05) is 0 Å². The molecular formula is C10H19BrO2. The minimum absolute atomic E-state index is 0.0541. The van der Waals surface area contributed by atoms with Crippen molar-refractivity contribution in [2.24, 2.45) is 0 Å². The van der Waals surface area contributed by atoms with Crippen molar-refractivity contribution >= 4 is 21.9 Å². The number of esters is 1. The van der Waals surface area contributed by atoms with Crippen molar-refractivity contribution in [1.29, 1.82) is 0 Å². The summed E-state index contributed by atoms with van der Waals surface area (Å²) >= 11 is 3.44. The summed E-state index contributed by atoms with van der Waals surface area (Å²) in [6.45, 7) is 4.75. The first-order valence-corrected chi connectivity index (χ1v) is 5.88. The van der Waals surface area contributed by atoms with Gasteiger partial charge in [0.25, 0.3) is 0 Å². The van der Waals surface area contributed by atoms with Gasteiger partial charge in [-0.05, 0) is 19.3 Å². The molecule has 0 aromatic heterocycles. The Morgan fingerprint density at radius 3 is 2.69 bits per heavy atom. The molecule has 0 saturated carbocycles. The molecule has 3 heteroatoms. The van der Waals surface area contributed by atoms with E-state index in [1.54, 1.807) is 0 Å². The third-order valence-electron chi connectivity index (χ3n) is 1.74. The van der Waals surface area contributed by atoms with Crippen LogP contribution in [-0.2, 0) is 9.53 Å². The van der Waals surface area contributed by atoms with Crippen LogP contribution in [-0.4, -0.2) is 17.4 Å². The number of hydrogen-bond donors (Lipinski definition) is 0. The normalized spacial score (nSPS) is 12.5. The van der Waals surface area contributed by atoms with E-state index in [-0.39, 0.29) is 5.97 Å². The van der Waals surface area contributed by atoms with Crippen LogP contribution < -0.4 is 0 Å². The van der Waals surface area contributed by atoms with E-state index < -0.39 is 0 Å². The lowest BCUT2D eigenvalue weighted by Gasteiger charge is -2.04. The Morgan fingerprint density at radius 1 is 1.46 bits per heavy atom. The highest BCUT2D eigenvalue weighted by atomic mass is 79.9. The van der Waals surface area contributed by atoms with E-state index in [9.17, 15) is 4.79 Å². The van der Waals surface area contributed by atoms with Gasteiger partial charge in [-0.3, -0.25) is 4.79 Å². The molecule has 0 N–H and O–H groups in total. The summed E-state index contributed by atoms with van der Waals surface area (Å²) in [5, 5.41) is 0. The third kappa shape index (κ3) is 9.87. The summed E-state index contributed by atoms with van der Waals surface area (Å²) in [6, 6.07) is 0. The van der Waals surface area contributed by atoms with Gasteiger partial charge in [-0.15, -0.1) is 0 Å². The molecule has 1 atom stereocenters. The lowest BCUT2D eigenvalue weighted by Crippen LogP contribution is -2.06. The maximum Gasteiger partial charge on any atom is 0.305 e. The fraction of sp³-hybridized carbons (Fsp3) is 0.900. The molecule has 0 saturated heterocycles. The highest BCUT2D eigenvalue weighted by molar-refractivity contribution is 9.09. The van der Waals surface area contributed by atoms with Crippen LogP contribution >= 0.6 is 15.9 Å². The quantitative estimate of drug-likeness (QED) is 0.394. The Kier molecular flexibility index (Phi) is 8.51. The molecular weight excluding hydrogens is 232 g/mol. The van der Waals surface area contributed by atoms with Crippen molar-refractivity contribution in [3.05, 3.63) is 0 Å². The number of carbonyl (C=O) groups is 1. The van der Waals surface area contributed by atoms with Crippen molar-refractivity contribution < 1.29 is 9.53 Å². The summed E-state index contributed by atoms with van der Waals surface area (Å²) in [6.07, 6.45) is 4.55. The van der Waals surface area contributed by atoms with Gasteiger partial charge in [0.05, 0.1) is 6.61 Å². The molecule has 0 amide bonds. The average molecular weight is 251 g/mol. The van der Waals surface area contributed by atoms with Gasteiger partial charge in [-0.25, -0.2) is 0 Å². The van der Waals surface area contributed by atoms with Crippen molar-refractivity contribution in [3.8, 4) is 0 Å². The van der Waals surface area contributed by atoms with Crippen LogP contribution in [0.2, 0.25) is 0 Å². The second-order valence-corrected chi connectivity index (χ2v) is 4.81. The molecule has 0 aromatic rings. The van der Waals surface area contributed by atoms with Gasteiger partial charge in [0, 0.05) is 11.2 Å². The average Bonchev–Trinajstić information content (AvgIpc) is 2.04. The van der Waals surface area contributed by atoms with E-state index in [1.165, 1.54) is 0 Å². The standard InChI is InChI=1S/C10H19BrO2/c1-3-4-8-13-10(12)7-5-6-9(2)11/h9H,3-8H2,1-2H3.